The normalized spacial score (nSPS) is 19.0. The number of piperidine rings is 1. The molecule has 7 heteroatoms. The topological polar surface area (TPSA) is 79.1 Å². The van der Waals surface area contributed by atoms with Crippen molar-refractivity contribution >= 4 is 12.0 Å². The van der Waals surface area contributed by atoms with Crippen molar-refractivity contribution < 1.29 is 14.3 Å². The number of ether oxygens (including phenoxy) is 1. The molecule has 2 N–H and O–H groups in total. The Balaban J connectivity index is 1.42. The Morgan fingerprint density at radius 1 is 1.22 bits per heavy atom. The zero-order valence-corrected chi connectivity index (χ0v) is 16.1. The summed E-state index contributed by atoms with van der Waals surface area (Å²) >= 11 is 0. The van der Waals surface area contributed by atoms with E-state index in [2.05, 4.69) is 36.2 Å². The van der Waals surface area contributed by atoms with Crippen LogP contribution in [0.4, 0.5) is 4.79 Å². The minimum absolute atomic E-state index is 0.0359. The number of likely N-dealkylation sites (N-methyl/N-ethyl adjacent to an activating group) is 1. The molecule has 0 saturated carbocycles. The maximum absolute atomic E-state index is 12.3. The van der Waals surface area contributed by atoms with Crippen molar-refractivity contribution in [2.75, 3.05) is 52.9 Å². The predicted octanol–water partition coefficient (Wildman–Crippen LogP) is 0.933. The van der Waals surface area contributed by atoms with Crippen LogP contribution in [-0.2, 0) is 16.0 Å². The van der Waals surface area contributed by atoms with Crippen molar-refractivity contribution in [2.24, 2.45) is 5.73 Å². The van der Waals surface area contributed by atoms with Gasteiger partial charge in [-0.05, 0) is 19.0 Å². The lowest BCUT2D eigenvalue weighted by molar-refractivity contribution is -0.133. The van der Waals surface area contributed by atoms with Gasteiger partial charge >= 0.3 is 6.09 Å². The Morgan fingerprint density at radius 2 is 1.93 bits per heavy atom. The first-order valence-corrected chi connectivity index (χ1v) is 9.69. The molecule has 2 heterocycles. The predicted molar refractivity (Wildman–Crippen MR) is 103 cm³/mol. The van der Waals surface area contributed by atoms with Gasteiger partial charge in [0.05, 0.1) is 13.1 Å². The van der Waals surface area contributed by atoms with Gasteiger partial charge in [0, 0.05) is 45.6 Å². The van der Waals surface area contributed by atoms with Crippen LogP contribution < -0.4 is 5.73 Å². The highest BCUT2D eigenvalue weighted by molar-refractivity contribution is 5.78. The van der Waals surface area contributed by atoms with Crippen LogP contribution in [-0.4, -0.2) is 85.2 Å². The number of benzene rings is 1. The van der Waals surface area contributed by atoms with Crippen LogP contribution in [0.15, 0.2) is 30.3 Å². The Labute approximate surface area is 161 Å². The lowest BCUT2D eigenvalue weighted by Crippen LogP contribution is -2.50. The van der Waals surface area contributed by atoms with Gasteiger partial charge in [-0.1, -0.05) is 30.3 Å². The van der Waals surface area contributed by atoms with Gasteiger partial charge in [-0.2, -0.15) is 0 Å². The number of amides is 2. The minimum Gasteiger partial charge on any atom is -0.441 e. The molecule has 1 aromatic rings. The first-order valence-electron chi connectivity index (χ1n) is 9.69. The maximum Gasteiger partial charge on any atom is 0.410 e. The van der Waals surface area contributed by atoms with Crippen LogP contribution in [0.5, 0.6) is 0 Å². The minimum atomic E-state index is -0.439. The molecule has 0 atom stereocenters. The summed E-state index contributed by atoms with van der Waals surface area (Å²) in [6.07, 6.45) is 2.14. The van der Waals surface area contributed by atoms with Crippen LogP contribution in [0.25, 0.3) is 0 Å². The number of nitrogens with two attached hydrogens (primary N) is 1. The fourth-order valence-corrected chi connectivity index (χ4v) is 3.79. The van der Waals surface area contributed by atoms with E-state index >= 15 is 0 Å². The third-order valence-corrected chi connectivity index (χ3v) is 5.62. The van der Waals surface area contributed by atoms with Crippen molar-refractivity contribution in [1.82, 2.24) is 14.7 Å². The zero-order valence-electron chi connectivity index (χ0n) is 16.1. The molecule has 148 valence electrons. The molecule has 2 saturated heterocycles. The Morgan fingerprint density at radius 3 is 2.59 bits per heavy atom. The molecule has 1 spiro atoms. The van der Waals surface area contributed by atoms with Gasteiger partial charge < -0.3 is 25.2 Å². The van der Waals surface area contributed by atoms with Gasteiger partial charge in [-0.15, -0.1) is 0 Å². The quantitative estimate of drug-likeness (QED) is 0.768. The van der Waals surface area contributed by atoms with Gasteiger partial charge in [0.1, 0.15) is 5.60 Å². The summed E-state index contributed by atoms with van der Waals surface area (Å²) in [5.41, 5.74) is 6.31. The van der Waals surface area contributed by atoms with Crippen molar-refractivity contribution in [3.63, 3.8) is 0 Å². The van der Waals surface area contributed by atoms with E-state index in [0.29, 0.717) is 39.0 Å². The molecule has 7 nitrogen and oxygen atoms in total. The van der Waals surface area contributed by atoms with Crippen molar-refractivity contribution in [3.8, 4) is 0 Å². The van der Waals surface area contributed by atoms with Gasteiger partial charge in [-0.3, -0.25) is 4.79 Å². The molecule has 0 aliphatic carbocycles. The highest BCUT2D eigenvalue weighted by Crippen LogP contribution is 2.33. The molecule has 2 aliphatic heterocycles. The molecule has 27 heavy (non-hydrogen) atoms. The molecule has 0 bridgehead atoms. The largest absolute Gasteiger partial charge is 0.441 e. The lowest BCUT2D eigenvalue weighted by Gasteiger charge is -2.37. The molecular formula is C20H30N4O3. The third kappa shape index (κ3) is 4.99. The maximum atomic E-state index is 12.3. The van der Waals surface area contributed by atoms with E-state index in [1.807, 2.05) is 6.07 Å². The van der Waals surface area contributed by atoms with Crippen LogP contribution in [0.2, 0.25) is 0 Å². The molecule has 2 aliphatic rings. The third-order valence-electron chi connectivity index (χ3n) is 5.62. The summed E-state index contributed by atoms with van der Waals surface area (Å²) < 4.78 is 5.72. The number of hydrogen-bond donors (Lipinski definition) is 1. The molecule has 0 aromatic heterocycles. The average Bonchev–Trinajstić information content (AvgIpc) is 3.00. The number of nitrogens with zero attached hydrogens (tertiary/aromatic N) is 3. The summed E-state index contributed by atoms with van der Waals surface area (Å²) in [6.45, 7) is 4.29. The molecule has 0 radical (unpaired) electrons. The summed E-state index contributed by atoms with van der Waals surface area (Å²) in [5.74, 6) is -0.0360. The fraction of sp³-hybridized carbons (Fsp3) is 0.600. The Bertz CT molecular complexity index is 644. The number of carbonyl (C=O) groups excluding carboxylic acids is 2. The van der Waals surface area contributed by atoms with Gasteiger partial charge in [0.15, 0.2) is 0 Å². The van der Waals surface area contributed by atoms with Crippen LogP contribution >= 0.6 is 0 Å². The van der Waals surface area contributed by atoms with Crippen molar-refractivity contribution in [3.05, 3.63) is 35.9 Å². The molecule has 1 aromatic carbocycles. The number of likely N-dealkylation sites (tertiary alicyclic amines) is 1. The van der Waals surface area contributed by atoms with Crippen molar-refractivity contribution in [2.45, 2.75) is 24.9 Å². The molecule has 0 unspecified atom stereocenters. The number of carbonyl (C=O) groups is 2. The van der Waals surface area contributed by atoms with Crippen LogP contribution in [0.3, 0.4) is 0 Å². The van der Waals surface area contributed by atoms with Crippen LogP contribution in [0.1, 0.15) is 18.4 Å². The van der Waals surface area contributed by atoms with E-state index in [-0.39, 0.29) is 18.5 Å². The number of rotatable bonds is 7. The van der Waals surface area contributed by atoms with E-state index in [4.69, 9.17) is 10.5 Å². The lowest BCUT2D eigenvalue weighted by atomic mass is 9.91. The summed E-state index contributed by atoms with van der Waals surface area (Å²) in [5, 5.41) is 0. The zero-order chi connectivity index (χ0) is 19.3. The van der Waals surface area contributed by atoms with Gasteiger partial charge in [-0.25, -0.2) is 4.79 Å². The molecule has 2 fully saturated rings. The first-order chi connectivity index (χ1) is 13.0. The molecule has 2 amide bonds. The fourth-order valence-electron chi connectivity index (χ4n) is 3.79. The number of hydrogen-bond acceptors (Lipinski definition) is 5. The van der Waals surface area contributed by atoms with Gasteiger partial charge in [0.2, 0.25) is 5.91 Å². The standard InChI is InChI=1S/C20H30N4O3/c1-22(10-7-17-5-3-2-4-6-17)13-14-24-16-20(27-19(24)26)8-11-23(12-9-20)18(25)15-21/h2-6H,7-16,21H2,1H3. The molecule has 3 rings (SSSR count). The van der Waals surface area contributed by atoms with E-state index in [0.717, 1.165) is 19.5 Å². The van der Waals surface area contributed by atoms with E-state index in [9.17, 15) is 9.59 Å². The summed E-state index contributed by atoms with van der Waals surface area (Å²) in [4.78, 5) is 29.8. The highest BCUT2D eigenvalue weighted by Gasteiger charge is 2.47. The van der Waals surface area contributed by atoms with E-state index in [1.54, 1.807) is 9.80 Å². The van der Waals surface area contributed by atoms with Crippen LogP contribution in [0, 0.1) is 0 Å². The monoisotopic (exact) mass is 374 g/mol. The van der Waals surface area contributed by atoms with E-state index in [1.165, 1.54) is 5.56 Å². The second-order valence-electron chi connectivity index (χ2n) is 7.60. The molecular weight excluding hydrogens is 344 g/mol. The first kappa shape index (κ1) is 19.6. The van der Waals surface area contributed by atoms with E-state index < -0.39 is 5.60 Å². The smallest absolute Gasteiger partial charge is 0.410 e. The second kappa shape index (κ2) is 8.71. The Kier molecular flexibility index (Phi) is 6.34. The highest BCUT2D eigenvalue weighted by atomic mass is 16.6. The van der Waals surface area contributed by atoms with Gasteiger partial charge in [0.25, 0.3) is 0 Å². The Hall–Kier alpha value is -2.12. The second-order valence-corrected chi connectivity index (χ2v) is 7.60. The summed E-state index contributed by atoms with van der Waals surface area (Å²) in [7, 11) is 2.08. The average molecular weight is 374 g/mol. The van der Waals surface area contributed by atoms with Crippen molar-refractivity contribution in [1.29, 1.82) is 0 Å². The SMILES string of the molecule is CN(CCc1ccccc1)CCN1CC2(CCN(C(=O)CN)CC2)OC1=O. The summed E-state index contributed by atoms with van der Waals surface area (Å²) in [6, 6.07) is 10.4.